The molecule has 2 aromatic carbocycles. The lowest BCUT2D eigenvalue weighted by Gasteiger charge is -2.27. The van der Waals surface area contributed by atoms with Crippen molar-refractivity contribution in [3.63, 3.8) is 0 Å². The van der Waals surface area contributed by atoms with Crippen LogP contribution in [0.3, 0.4) is 0 Å². The zero-order valence-corrected chi connectivity index (χ0v) is 14.8. The summed E-state index contributed by atoms with van der Waals surface area (Å²) in [6, 6.07) is 11.6. The van der Waals surface area contributed by atoms with Crippen LogP contribution in [0.25, 0.3) is 10.8 Å². The SMILES string of the molecule is CCNC1CC(C)(C)CCc2c1cc(Br)c1ccccc21. The fourth-order valence-electron chi connectivity index (χ4n) is 3.66. The third-order valence-electron chi connectivity index (χ3n) is 4.77. The molecule has 0 aliphatic heterocycles. The Morgan fingerprint density at radius 2 is 1.95 bits per heavy atom. The first kappa shape index (κ1) is 15.1. The van der Waals surface area contributed by atoms with Crippen LogP contribution in [0.4, 0.5) is 0 Å². The first-order valence-corrected chi connectivity index (χ1v) is 8.74. The van der Waals surface area contributed by atoms with Gasteiger partial charge in [-0.25, -0.2) is 0 Å². The van der Waals surface area contributed by atoms with Gasteiger partial charge in [-0.2, -0.15) is 0 Å². The van der Waals surface area contributed by atoms with E-state index >= 15 is 0 Å². The van der Waals surface area contributed by atoms with Crippen molar-refractivity contribution in [3.05, 3.63) is 45.9 Å². The predicted molar refractivity (Wildman–Crippen MR) is 94.8 cm³/mol. The van der Waals surface area contributed by atoms with Crippen LogP contribution in [-0.2, 0) is 6.42 Å². The Morgan fingerprint density at radius 1 is 1.24 bits per heavy atom. The highest BCUT2D eigenvalue weighted by molar-refractivity contribution is 9.10. The number of fused-ring (bicyclic) bond motifs is 3. The lowest BCUT2D eigenvalue weighted by molar-refractivity contribution is 0.275. The van der Waals surface area contributed by atoms with Gasteiger partial charge in [0.1, 0.15) is 0 Å². The van der Waals surface area contributed by atoms with Crippen LogP contribution >= 0.6 is 15.9 Å². The van der Waals surface area contributed by atoms with Gasteiger partial charge >= 0.3 is 0 Å². The van der Waals surface area contributed by atoms with Gasteiger partial charge in [-0.3, -0.25) is 0 Å². The fraction of sp³-hybridized carbons (Fsp3) is 0.474. The lowest BCUT2D eigenvalue weighted by atomic mass is 9.83. The highest BCUT2D eigenvalue weighted by Crippen LogP contribution is 2.43. The van der Waals surface area contributed by atoms with E-state index in [4.69, 9.17) is 0 Å². The quantitative estimate of drug-likeness (QED) is 0.697. The topological polar surface area (TPSA) is 12.0 Å². The lowest BCUT2D eigenvalue weighted by Crippen LogP contribution is -2.25. The third-order valence-corrected chi connectivity index (χ3v) is 5.43. The van der Waals surface area contributed by atoms with Crippen molar-refractivity contribution in [2.75, 3.05) is 6.54 Å². The molecule has 0 saturated heterocycles. The van der Waals surface area contributed by atoms with Gasteiger partial charge < -0.3 is 5.32 Å². The van der Waals surface area contributed by atoms with Gasteiger partial charge in [0.15, 0.2) is 0 Å². The summed E-state index contributed by atoms with van der Waals surface area (Å²) in [6.07, 6.45) is 3.64. The normalized spacial score (nSPS) is 21.0. The number of nitrogens with one attached hydrogen (secondary N) is 1. The maximum atomic E-state index is 3.78. The summed E-state index contributed by atoms with van der Waals surface area (Å²) in [5, 5.41) is 6.47. The van der Waals surface area contributed by atoms with E-state index in [1.54, 1.807) is 5.56 Å². The minimum Gasteiger partial charge on any atom is -0.310 e. The third kappa shape index (κ3) is 2.89. The molecule has 1 aliphatic carbocycles. The fourth-order valence-corrected chi connectivity index (χ4v) is 4.25. The van der Waals surface area contributed by atoms with E-state index in [2.05, 4.69) is 72.3 Å². The summed E-state index contributed by atoms with van der Waals surface area (Å²) < 4.78 is 1.22. The highest BCUT2D eigenvalue weighted by Gasteiger charge is 2.30. The molecule has 1 unspecified atom stereocenters. The predicted octanol–water partition coefficient (Wildman–Crippen LogP) is 5.62. The van der Waals surface area contributed by atoms with Crippen LogP contribution in [0.15, 0.2) is 34.8 Å². The number of hydrogen-bond donors (Lipinski definition) is 1. The minimum atomic E-state index is 0.388. The largest absolute Gasteiger partial charge is 0.310 e. The van der Waals surface area contributed by atoms with Crippen LogP contribution in [0.2, 0.25) is 0 Å². The van der Waals surface area contributed by atoms with E-state index in [9.17, 15) is 0 Å². The standard InChI is InChI=1S/C19H24BrN/c1-4-21-18-12-19(2,3)10-9-14-13-7-5-6-8-15(13)17(20)11-16(14)18/h5-8,11,18,21H,4,9-10,12H2,1-3H3. The molecule has 0 fully saturated rings. The van der Waals surface area contributed by atoms with Gasteiger partial charge in [0.05, 0.1) is 0 Å². The Bertz CT molecular complexity index is 660. The first-order valence-electron chi connectivity index (χ1n) is 7.95. The second kappa shape index (κ2) is 5.73. The molecule has 0 bridgehead atoms. The molecule has 1 atom stereocenters. The maximum absolute atomic E-state index is 3.78. The molecular formula is C19H24BrN. The molecule has 3 rings (SSSR count). The van der Waals surface area contributed by atoms with E-state index in [0.717, 1.165) is 6.54 Å². The van der Waals surface area contributed by atoms with Gasteiger partial charge in [-0.05, 0) is 59.2 Å². The molecule has 0 amide bonds. The van der Waals surface area contributed by atoms with Crippen molar-refractivity contribution < 1.29 is 0 Å². The Morgan fingerprint density at radius 3 is 2.67 bits per heavy atom. The monoisotopic (exact) mass is 345 g/mol. The summed E-state index contributed by atoms with van der Waals surface area (Å²) in [5.74, 6) is 0. The molecule has 112 valence electrons. The van der Waals surface area contributed by atoms with Crippen molar-refractivity contribution in [1.82, 2.24) is 5.32 Å². The van der Waals surface area contributed by atoms with E-state index in [1.165, 1.54) is 40.1 Å². The zero-order chi connectivity index (χ0) is 15.0. The number of benzene rings is 2. The summed E-state index contributed by atoms with van der Waals surface area (Å²) in [6.45, 7) is 8.03. The van der Waals surface area contributed by atoms with Crippen LogP contribution in [0.5, 0.6) is 0 Å². The minimum absolute atomic E-state index is 0.388. The second-order valence-electron chi connectivity index (χ2n) is 6.95. The van der Waals surface area contributed by atoms with E-state index in [0.29, 0.717) is 11.5 Å². The molecule has 0 saturated carbocycles. The summed E-state index contributed by atoms with van der Waals surface area (Å²) >= 11 is 3.78. The smallest absolute Gasteiger partial charge is 0.0328 e. The molecule has 0 heterocycles. The molecule has 0 radical (unpaired) electrons. The summed E-state index contributed by atoms with van der Waals surface area (Å²) in [5.41, 5.74) is 3.43. The van der Waals surface area contributed by atoms with Crippen LogP contribution in [0.1, 0.15) is 50.8 Å². The Kier molecular flexibility index (Phi) is 4.11. The number of hydrogen-bond acceptors (Lipinski definition) is 1. The van der Waals surface area contributed by atoms with Gasteiger partial charge in [0.2, 0.25) is 0 Å². The van der Waals surface area contributed by atoms with Gasteiger partial charge in [-0.15, -0.1) is 0 Å². The van der Waals surface area contributed by atoms with Crippen LogP contribution in [0, 0.1) is 5.41 Å². The van der Waals surface area contributed by atoms with E-state index in [1.807, 2.05) is 0 Å². The van der Waals surface area contributed by atoms with Crippen molar-refractivity contribution in [2.45, 2.75) is 46.1 Å². The van der Waals surface area contributed by atoms with Gasteiger partial charge in [0.25, 0.3) is 0 Å². The molecule has 2 heteroatoms. The Labute approximate surface area is 136 Å². The Balaban J connectivity index is 2.22. The zero-order valence-electron chi connectivity index (χ0n) is 13.2. The number of halogens is 1. The van der Waals surface area contributed by atoms with E-state index in [-0.39, 0.29) is 0 Å². The number of aryl methyl sites for hydroxylation is 1. The Hall–Kier alpha value is -0.860. The molecule has 2 aromatic rings. The molecular weight excluding hydrogens is 322 g/mol. The van der Waals surface area contributed by atoms with E-state index < -0.39 is 0 Å². The summed E-state index contributed by atoms with van der Waals surface area (Å²) in [7, 11) is 0. The highest BCUT2D eigenvalue weighted by atomic mass is 79.9. The van der Waals surface area contributed by atoms with Crippen molar-refractivity contribution in [3.8, 4) is 0 Å². The van der Waals surface area contributed by atoms with Crippen molar-refractivity contribution in [2.24, 2.45) is 5.41 Å². The van der Waals surface area contributed by atoms with Gasteiger partial charge in [-0.1, -0.05) is 61.0 Å². The van der Waals surface area contributed by atoms with Gasteiger partial charge in [0, 0.05) is 10.5 Å². The maximum Gasteiger partial charge on any atom is 0.0328 e. The molecule has 21 heavy (non-hydrogen) atoms. The van der Waals surface area contributed by atoms with Crippen LogP contribution in [-0.4, -0.2) is 6.54 Å². The molecule has 1 aliphatic rings. The second-order valence-corrected chi connectivity index (χ2v) is 7.80. The molecule has 0 spiro atoms. The number of rotatable bonds is 2. The average molecular weight is 346 g/mol. The average Bonchev–Trinajstić information content (AvgIpc) is 2.57. The molecule has 1 N–H and O–H groups in total. The molecule has 1 nitrogen and oxygen atoms in total. The van der Waals surface area contributed by atoms with Crippen molar-refractivity contribution in [1.29, 1.82) is 0 Å². The molecule has 0 aromatic heterocycles. The summed E-state index contributed by atoms with van der Waals surface area (Å²) in [4.78, 5) is 0. The van der Waals surface area contributed by atoms with Crippen molar-refractivity contribution >= 4 is 26.7 Å². The first-order chi connectivity index (χ1) is 10.0. The van der Waals surface area contributed by atoms with Crippen LogP contribution < -0.4 is 5.32 Å².